The second-order valence-corrected chi connectivity index (χ2v) is 13.8. The van der Waals surface area contributed by atoms with E-state index in [4.69, 9.17) is 9.16 Å². The van der Waals surface area contributed by atoms with Crippen molar-refractivity contribution >= 4 is 42.8 Å². The lowest BCUT2D eigenvalue weighted by molar-refractivity contribution is -0.366. The van der Waals surface area contributed by atoms with Gasteiger partial charge in [-0.3, -0.25) is 4.79 Å². The number of hydrogen-bond acceptors (Lipinski definition) is 5. The van der Waals surface area contributed by atoms with E-state index in [9.17, 15) is 14.4 Å². The molecule has 0 radical (unpaired) electrons. The van der Waals surface area contributed by atoms with E-state index in [0.717, 1.165) is 16.7 Å². The van der Waals surface area contributed by atoms with Crippen LogP contribution in [0.25, 0.3) is 0 Å². The number of imide groups is 1. The first-order chi connectivity index (χ1) is 16.2. The highest BCUT2D eigenvalue weighted by atomic mass is 28.4. The lowest BCUT2D eigenvalue weighted by Crippen LogP contribution is -2.68. The molecule has 4 rings (SSSR count). The number of ether oxygens (including phenoxy) is 1. The summed E-state index contributed by atoms with van der Waals surface area (Å²) in [5.41, 5.74) is 0.370. The minimum Gasteiger partial charge on any atom is -0.451 e. The summed E-state index contributed by atoms with van der Waals surface area (Å²) in [5, 5.41) is 4.18. The smallest absolute Gasteiger partial charge is 0.451 e. The standard InChI is InChI=1S/C26H28N2O5Si/c1-18-16-28(25(31)27-24(18)30)23-15-21(22(17-29)32-23)33-34(26(2,3)4,19-11-7-5-8-12-19)20-13-9-6-10-14-20/h5-14,16-17,21-22H,15H2,1-4H3/p+1/b28-23+. The molecule has 34 heavy (non-hydrogen) atoms. The van der Waals surface area contributed by atoms with Gasteiger partial charge in [0.05, 0.1) is 12.0 Å². The van der Waals surface area contributed by atoms with Crippen LogP contribution in [0.2, 0.25) is 5.04 Å². The van der Waals surface area contributed by atoms with Gasteiger partial charge in [-0.2, -0.15) is 10.1 Å². The van der Waals surface area contributed by atoms with Crippen molar-refractivity contribution in [3.63, 3.8) is 0 Å². The Bertz CT molecular complexity index is 1130. The third kappa shape index (κ3) is 4.15. The summed E-state index contributed by atoms with van der Waals surface area (Å²) < 4.78 is 14.2. The first kappa shape index (κ1) is 23.8. The number of benzene rings is 2. The van der Waals surface area contributed by atoms with E-state index in [1.807, 2.05) is 36.4 Å². The average Bonchev–Trinajstić information content (AvgIpc) is 3.22. The molecule has 2 aromatic rings. The summed E-state index contributed by atoms with van der Waals surface area (Å²) in [4.78, 5) is 36.3. The zero-order valence-corrected chi connectivity index (χ0v) is 20.8. The number of urea groups is 1. The van der Waals surface area contributed by atoms with Crippen LogP contribution in [0.5, 0.6) is 0 Å². The summed E-state index contributed by atoms with van der Waals surface area (Å²) >= 11 is 0. The molecule has 176 valence electrons. The molecule has 2 atom stereocenters. The molecule has 2 aliphatic heterocycles. The van der Waals surface area contributed by atoms with Crippen LogP contribution < -0.4 is 15.7 Å². The van der Waals surface area contributed by atoms with Crippen molar-refractivity contribution in [3.05, 3.63) is 72.4 Å². The number of carbonyl (C=O) groups is 3. The topological polar surface area (TPSA) is 84.7 Å². The highest BCUT2D eigenvalue weighted by Gasteiger charge is 2.54. The third-order valence-corrected chi connectivity index (χ3v) is 11.3. The van der Waals surface area contributed by atoms with Crippen LogP contribution in [-0.4, -0.2) is 49.2 Å². The Hall–Kier alpha value is -3.36. The lowest BCUT2D eigenvalue weighted by atomic mass is 10.2. The van der Waals surface area contributed by atoms with Gasteiger partial charge in [0.25, 0.3) is 14.2 Å². The Kier molecular flexibility index (Phi) is 6.38. The molecule has 0 aliphatic carbocycles. The predicted octanol–water partition coefficient (Wildman–Crippen LogP) is 2.48. The molecule has 1 saturated heterocycles. The van der Waals surface area contributed by atoms with Crippen molar-refractivity contribution in [3.8, 4) is 0 Å². The van der Waals surface area contributed by atoms with E-state index in [0.29, 0.717) is 5.57 Å². The zero-order valence-electron chi connectivity index (χ0n) is 19.8. The van der Waals surface area contributed by atoms with Crippen molar-refractivity contribution in [1.82, 2.24) is 5.32 Å². The molecule has 0 spiro atoms. The van der Waals surface area contributed by atoms with Crippen molar-refractivity contribution < 1.29 is 28.1 Å². The number of nitrogens with zero attached hydrogens (tertiary/aromatic N) is 1. The van der Waals surface area contributed by atoms with Crippen LogP contribution in [0.15, 0.2) is 72.4 Å². The normalized spacial score (nSPS) is 23.2. The Morgan fingerprint density at radius 2 is 1.59 bits per heavy atom. The fourth-order valence-electron chi connectivity index (χ4n) is 4.62. The monoisotopic (exact) mass is 477 g/mol. The number of amides is 3. The molecular formula is C26H29N2O5Si+. The van der Waals surface area contributed by atoms with Crippen molar-refractivity contribution in [1.29, 1.82) is 0 Å². The van der Waals surface area contributed by atoms with Gasteiger partial charge in [-0.15, -0.1) is 4.58 Å². The molecule has 0 saturated carbocycles. The van der Waals surface area contributed by atoms with Gasteiger partial charge in [-0.25, -0.2) is 4.79 Å². The summed E-state index contributed by atoms with van der Waals surface area (Å²) in [6.07, 6.45) is 0.899. The van der Waals surface area contributed by atoms with Gasteiger partial charge in [0.1, 0.15) is 12.3 Å². The van der Waals surface area contributed by atoms with E-state index < -0.39 is 32.5 Å². The molecule has 3 amide bonds. The van der Waals surface area contributed by atoms with Crippen LogP contribution in [-0.2, 0) is 18.8 Å². The van der Waals surface area contributed by atoms with Crippen LogP contribution in [0.1, 0.15) is 34.1 Å². The van der Waals surface area contributed by atoms with Gasteiger partial charge in [0, 0.05) is 0 Å². The zero-order chi connectivity index (χ0) is 24.5. The maximum absolute atomic E-state index is 12.5. The molecule has 0 bridgehead atoms. The van der Waals surface area contributed by atoms with Gasteiger partial charge in [-0.05, 0) is 22.3 Å². The summed E-state index contributed by atoms with van der Waals surface area (Å²) in [6.45, 7) is 8.08. The van der Waals surface area contributed by atoms with Gasteiger partial charge in [-0.1, -0.05) is 81.4 Å². The second-order valence-electron chi connectivity index (χ2n) is 9.58. The molecule has 2 heterocycles. The van der Waals surface area contributed by atoms with E-state index in [2.05, 4.69) is 50.4 Å². The minimum atomic E-state index is -2.93. The summed E-state index contributed by atoms with van der Waals surface area (Å²) in [6, 6.07) is 19.6. The number of hydrogen-bond donors (Lipinski definition) is 1. The van der Waals surface area contributed by atoms with E-state index in [1.165, 1.54) is 10.8 Å². The van der Waals surface area contributed by atoms with Crippen LogP contribution >= 0.6 is 0 Å². The van der Waals surface area contributed by atoms with Crippen molar-refractivity contribution in [2.45, 2.75) is 51.4 Å². The quantitative estimate of drug-likeness (QED) is 0.406. The fourth-order valence-corrected chi connectivity index (χ4v) is 9.31. The third-order valence-electron chi connectivity index (χ3n) is 6.28. The maximum atomic E-state index is 12.5. The Morgan fingerprint density at radius 1 is 1.03 bits per heavy atom. The first-order valence-electron chi connectivity index (χ1n) is 11.3. The predicted molar refractivity (Wildman–Crippen MR) is 131 cm³/mol. The van der Waals surface area contributed by atoms with Gasteiger partial charge in [0.15, 0.2) is 12.4 Å². The molecular weight excluding hydrogens is 448 g/mol. The molecule has 7 nitrogen and oxygen atoms in total. The molecule has 2 aromatic carbocycles. The molecule has 1 N–H and O–H groups in total. The van der Waals surface area contributed by atoms with Crippen LogP contribution in [0.3, 0.4) is 0 Å². The maximum Gasteiger partial charge on any atom is 0.506 e. The van der Waals surface area contributed by atoms with Gasteiger partial charge in [0.2, 0.25) is 0 Å². The van der Waals surface area contributed by atoms with Gasteiger partial charge >= 0.3 is 11.9 Å². The second kappa shape index (κ2) is 9.12. The van der Waals surface area contributed by atoms with E-state index in [-0.39, 0.29) is 17.4 Å². The van der Waals surface area contributed by atoms with Crippen LogP contribution in [0, 0.1) is 0 Å². The molecule has 1 fully saturated rings. The minimum absolute atomic E-state index is 0.222. The highest BCUT2D eigenvalue weighted by molar-refractivity contribution is 6.99. The highest BCUT2D eigenvalue weighted by Crippen LogP contribution is 2.39. The van der Waals surface area contributed by atoms with Gasteiger partial charge < -0.3 is 9.16 Å². The van der Waals surface area contributed by atoms with Crippen molar-refractivity contribution in [2.24, 2.45) is 0 Å². The van der Waals surface area contributed by atoms with Crippen molar-refractivity contribution in [2.75, 3.05) is 0 Å². The SMILES string of the molecule is CC1=C/[N+](=C2/CC(O[Si](c3ccccc3)(c3ccccc3)C(C)(C)C)C(C=O)O2)C(=O)NC1=O. The molecule has 8 heteroatoms. The first-order valence-corrected chi connectivity index (χ1v) is 13.2. The molecule has 2 unspecified atom stereocenters. The largest absolute Gasteiger partial charge is 0.506 e. The number of carbonyl (C=O) groups excluding carboxylic acids is 3. The summed E-state index contributed by atoms with van der Waals surface area (Å²) in [5.74, 6) is -0.170. The molecule has 0 aromatic heterocycles. The number of rotatable bonds is 5. The summed E-state index contributed by atoms with van der Waals surface area (Å²) in [7, 11) is -2.93. The van der Waals surface area contributed by atoms with E-state index >= 15 is 0 Å². The Balaban J connectivity index is 1.82. The number of nitrogens with one attached hydrogen (secondary N) is 1. The Morgan fingerprint density at radius 3 is 2.09 bits per heavy atom. The average molecular weight is 478 g/mol. The number of aldehydes is 1. The Labute approximate surface area is 200 Å². The van der Waals surface area contributed by atoms with E-state index in [1.54, 1.807) is 6.92 Å². The fraction of sp³-hybridized carbons (Fsp3) is 0.308. The lowest BCUT2D eigenvalue weighted by Gasteiger charge is -2.44. The molecule has 2 aliphatic rings. The van der Waals surface area contributed by atoms with Crippen LogP contribution in [0.4, 0.5) is 4.79 Å².